The Kier molecular flexibility index (Phi) is 6.08. The monoisotopic (exact) mass is 221 g/mol. The zero-order valence-corrected chi connectivity index (χ0v) is 9.64. The first-order chi connectivity index (χ1) is 6.15. The van der Waals surface area contributed by atoms with Gasteiger partial charge in [-0.3, -0.25) is 9.69 Å². The first kappa shape index (κ1) is 13.7. The molecule has 1 rings (SSSR count). The van der Waals surface area contributed by atoms with Gasteiger partial charge in [0.15, 0.2) is 0 Å². The molecule has 14 heavy (non-hydrogen) atoms. The van der Waals surface area contributed by atoms with Crippen molar-refractivity contribution in [3.63, 3.8) is 0 Å². The summed E-state index contributed by atoms with van der Waals surface area (Å²) in [6.07, 6.45) is 2.07. The molecule has 0 aliphatic carbocycles. The molecule has 0 aromatic rings. The van der Waals surface area contributed by atoms with E-state index in [1.807, 2.05) is 6.92 Å². The second-order valence-corrected chi connectivity index (χ2v) is 3.74. The molecule has 1 fully saturated rings. The molecule has 1 unspecified atom stereocenters. The first-order valence-corrected chi connectivity index (χ1v) is 4.86. The number of likely N-dealkylation sites (N-methyl/N-ethyl adjacent to an activating group) is 1. The number of likely N-dealkylation sites (tertiary alicyclic amines) is 1. The fourth-order valence-corrected chi connectivity index (χ4v) is 1.88. The van der Waals surface area contributed by atoms with E-state index in [1.54, 1.807) is 7.05 Å². The zero-order chi connectivity index (χ0) is 9.84. The van der Waals surface area contributed by atoms with Crippen LogP contribution in [0.4, 0.5) is 0 Å². The van der Waals surface area contributed by atoms with E-state index in [9.17, 15) is 4.79 Å². The van der Waals surface area contributed by atoms with E-state index in [-0.39, 0.29) is 30.4 Å². The van der Waals surface area contributed by atoms with Gasteiger partial charge in [0.2, 0.25) is 5.91 Å². The molecular weight excluding hydrogens is 202 g/mol. The lowest BCUT2D eigenvalue weighted by Gasteiger charge is -2.24. The minimum atomic E-state index is 0. The Hall–Kier alpha value is -0.320. The molecule has 0 aromatic carbocycles. The molecule has 4 nitrogen and oxygen atoms in total. The van der Waals surface area contributed by atoms with E-state index in [0.717, 1.165) is 25.9 Å². The minimum absolute atomic E-state index is 0. The van der Waals surface area contributed by atoms with Gasteiger partial charge in [-0.25, -0.2) is 0 Å². The Morgan fingerprint density at radius 3 is 2.86 bits per heavy atom. The van der Waals surface area contributed by atoms with Gasteiger partial charge in [0.1, 0.15) is 0 Å². The van der Waals surface area contributed by atoms with Gasteiger partial charge in [-0.1, -0.05) is 0 Å². The van der Waals surface area contributed by atoms with Crippen LogP contribution in [0.25, 0.3) is 0 Å². The van der Waals surface area contributed by atoms with Crippen molar-refractivity contribution in [2.45, 2.75) is 31.8 Å². The summed E-state index contributed by atoms with van der Waals surface area (Å²) in [5.41, 5.74) is 5.70. The Morgan fingerprint density at radius 1 is 1.71 bits per heavy atom. The number of hydrogen-bond acceptors (Lipinski definition) is 3. The fraction of sp³-hybridized carbons (Fsp3) is 0.889. The van der Waals surface area contributed by atoms with Crippen LogP contribution in [-0.2, 0) is 4.79 Å². The van der Waals surface area contributed by atoms with Crippen LogP contribution in [0.15, 0.2) is 0 Å². The van der Waals surface area contributed by atoms with Gasteiger partial charge in [0, 0.05) is 19.6 Å². The van der Waals surface area contributed by atoms with Crippen LogP contribution >= 0.6 is 12.4 Å². The van der Waals surface area contributed by atoms with Gasteiger partial charge < -0.3 is 11.1 Å². The van der Waals surface area contributed by atoms with Gasteiger partial charge in [0.25, 0.3) is 0 Å². The summed E-state index contributed by atoms with van der Waals surface area (Å²) in [7, 11) is 1.69. The molecule has 0 saturated carbocycles. The summed E-state index contributed by atoms with van der Waals surface area (Å²) in [5, 5.41) is 2.69. The summed E-state index contributed by atoms with van der Waals surface area (Å²) >= 11 is 0. The van der Waals surface area contributed by atoms with E-state index in [1.165, 1.54) is 0 Å². The van der Waals surface area contributed by atoms with E-state index < -0.39 is 0 Å². The van der Waals surface area contributed by atoms with Crippen molar-refractivity contribution in [3.05, 3.63) is 0 Å². The first-order valence-electron chi connectivity index (χ1n) is 4.86. The van der Waals surface area contributed by atoms with Gasteiger partial charge in [-0.2, -0.15) is 0 Å². The second-order valence-electron chi connectivity index (χ2n) is 3.74. The van der Waals surface area contributed by atoms with Crippen LogP contribution in [0.1, 0.15) is 19.8 Å². The van der Waals surface area contributed by atoms with Crippen molar-refractivity contribution in [3.8, 4) is 0 Å². The third-order valence-electron chi connectivity index (χ3n) is 2.44. The van der Waals surface area contributed by atoms with Crippen LogP contribution < -0.4 is 11.1 Å². The standard InChI is InChI=1S/C9H19N3O.ClH/c1-7(10)6-12-5-3-4-8(12)9(13)11-2;/h7-8H,3-6,10H2,1-2H3,(H,11,13);1H/t7?,8-;/m0./s1. The van der Waals surface area contributed by atoms with Crippen molar-refractivity contribution < 1.29 is 4.79 Å². The number of nitrogens with one attached hydrogen (secondary N) is 1. The lowest BCUT2D eigenvalue weighted by molar-refractivity contribution is -0.125. The van der Waals surface area contributed by atoms with Gasteiger partial charge in [0.05, 0.1) is 6.04 Å². The van der Waals surface area contributed by atoms with E-state index >= 15 is 0 Å². The number of carbonyl (C=O) groups excluding carboxylic acids is 1. The molecule has 1 aliphatic rings. The smallest absolute Gasteiger partial charge is 0.237 e. The molecule has 1 amide bonds. The van der Waals surface area contributed by atoms with E-state index in [0.29, 0.717) is 0 Å². The number of nitrogens with two attached hydrogens (primary N) is 1. The van der Waals surface area contributed by atoms with Crippen molar-refractivity contribution in [2.75, 3.05) is 20.1 Å². The Bertz CT molecular complexity index is 187. The molecule has 5 heteroatoms. The molecule has 0 spiro atoms. The van der Waals surface area contributed by atoms with Crippen LogP contribution in [0.2, 0.25) is 0 Å². The molecule has 0 aromatic heterocycles. The van der Waals surface area contributed by atoms with Crippen LogP contribution in [0.5, 0.6) is 0 Å². The highest BCUT2D eigenvalue weighted by atomic mass is 35.5. The average Bonchev–Trinajstić information content (AvgIpc) is 2.50. The number of halogens is 1. The molecule has 1 heterocycles. The molecule has 1 saturated heterocycles. The molecule has 2 atom stereocenters. The summed E-state index contributed by atoms with van der Waals surface area (Å²) in [6, 6.07) is 0.196. The maximum absolute atomic E-state index is 11.4. The highest BCUT2D eigenvalue weighted by Gasteiger charge is 2.29. The number of nitrogens with zero attached hydrogens (tertiary/aromatic N) is 1. The normalized spacial score (nSPS) is 24.1. The van der Waals surface area contributed by atoms with Crippen molar-refractivity contribution in [1.29, 1.82) is 0 Å². The SMILES string of the molecule is CNC(=O)[C@@H]1CCCN1CC(C)N.Cl. The van der Waals surface area contributed by atoms with E-state index in [2.05, 4.69) is 10.2 Å². The van der Waals surface area contributed by atoms with Gasteiger partial charge in [-0.15, -0.1) is 12.4 Å². The number of amides is 1. The summed E-state index contributed by atoms with van der Waals surface area (Å²) in [4.78, 5) is 13.6. The quantitative estimate of drug-likeness (QED) is 0.704. The third-order valence-corrected chi connectivity index (χ3v) is 2.44. The van der Waals surface area contributed by atoms with Crippen molar-refractivity contribution in [1.82, 2.24) is 10.2 Å². The predicted octanol–water partition coefficient (Wildman–Crippen LogP) is -0.0342. The molecule has 84 valence electrons. The highest BCUT2D eigenvalue weighted by molar-refractivity contribution is 5.85. The molecule has 0 radical (unpaired) electrons. The summed E-state index contributed by atoms with van der Waals surface area (Å²) < 4.78 is 0. The highest BCUT2D eigenvalue weighted by Crippen LogP contribution is 2.16. The maximum Gasteiger partial charge on any atom is 0.237 e. The average molecular weight is 222 g/mol. The topological polar surface area (TPSA) is 58.4 Å². The summed E-state index contributed by atoms with van der Waals surface area (Å²) in [6.45, 7) is 3.79. The van der Waals surface area contributed by atoms with Gasteiger partial charge in [-0.05, 0) is 26.3 Å². The fourth-order valence-electron chi connectivity index (χ4n) is 1.88. The maximum atomic E-state index is 11.4. The molecule has 3 N–H and O–H groups in total. The van der Waals surface area contributed by atoms with Crippen LogP contribution in [-0.4, -0.2) is 43.0 Å². The zero-order valence-electron chi connectivity index (χ0n) is 8.82. The lowest BCUT2D eigenvalue weighted by atomic mass is 10.2. The van der Waals surface area contributed by atoms with Crippen molar-refractivity contribution in [2.24, 2.45) is 5.73 Å². The largest absolute Gasteiger partial charge is 0.358 e. The molecular formula is C9H20ClN3O. The second kappa shape index (κ2) is 6.22. The number of hydrogen-bond donors (Lipinski definition) is 2. The van der Waals surface area contributed by atoms with E-state index in [4.69, 9.17) is 5.73 Å². The molecule has 1 aliphatic heterocycles. The number of rotatable bonds is 3. The predicted molar refractivity (Wildman–Crippen MR) is 59.6 cm³/mol. The van der Waals surface area contributed by atoms with Crippen LogP contribution in [0, 0.1) is 0 Å². The van der Waals surface area contributed by atoms with Crippen LogP contribution in [0.3, 0.4) is 0 Å². The third kappa shape index (κ3) is 3.44. The molecule has 0 bridgehead atoms. The minimum Gasteiger partial charge on any atom is -0.358 e. The van der Waals surface area contributed by atoms with Crippen molar-refractivity contribution >= 4 is 18.3 Å². The summed E-state index contributed by atoms with van der Waals surface area (Å²) in [5.74, 6) is 0.123. The Morgan fingerprint density at radius 2 is 2.36 bits per heavy atom. The number of carbonyl (C=O) groups is 1. The Balaban J connectivity index is 0.00000169. The van der Waals surface area contributed by atoms with Gasteiger partial charge >= 0.3 is 0 Å². The lowest BCUT2D eigenvalue weighted by Crippen LogP contribution is -2.45. The Labute approximate surface area is 91.6 Å².